The Balaban J connectivity index is 1.87. The Bertz CT molecular complexity index is 1960. The smallest absolute Gasteiger partial charge is 0.411 e. The molecule has 2 unspecified atom stereocenters. The molecule has 1 heterocycles. The van der Waals surface area contributed by atoms with E-state index in [4.69, 9.17) is 23.4 Å². The zero-order valence-electron chi connectivity index (χ0n) is 40.3. The van der Waals surface area contributed by atoms with Crippen LogP contribution in [0.4, 0.5) is 16.2 Å². The van der Waals surface area contributed by atoms with Crippen molar-refractivity contribution < 1.29 is 47.4 Å². The molecule has 1 aliphatic heterocycles. The van der Waals surface area contributed by atoms with Crippen molar-refractivity contribution in [3.05, 3.63) is 59.3 Å². The van der Waals surface area contributed by atoms with Gasteiger partial charge in [0.25, 0.3) is 20.0 Å². The lowest BCUT2D eigenvalue weighted by atomic mass is 9.99. The molecule has 17 heteroatoms. The number of hydrogen-bond acceptors (Lipinski definition) is 11. The van der Waals surface area contributed by atoms with Crippen molar-refractivity contribution in [2.75, 3.05) is 24.5 Å². The van der Waals surface area contributed by atoms with Crippen LogP contribution in [-0.2, 0) is 30.2 Å². The molecule has 2 aromatic rings. The standard InChI is InChI=1S/C46H73N5O10Si2/c1-27(2)40(41(52)44(55)56)48-42(53)32(10)49-50-34-19-17-33(18-20-34)25-59-45(57)47-37-23-39(61-63(28(3)4,29(5)6)30(7)8)38(58-14)22-36(37)43(54)51-24-31(9)21-35(51)26-60-62(15,16)46(11,12)13/h17-20,22-24,27-30,32,35,40,49-50H,21,25-26H2,1-16H3,(H,47,57)(H,48,53)(H,55,56)/t32?,35-,40?/m0/s1. The third-order valence-corrected chi connectivity index (χ3v) is 22.8. The highest BCUT2D eigenvalue weighted by Crippen LogP contribution is 2.46. The number of Topliss-reactive ketones (excluding diaryl/α,β-unsaturated/α-hetero) is 1. The van der Waals surface area contributed by atoms with Gasteiger partial charge in [0.1, 0.15) is 24.4 Å². The Kier molecular flexibility index (Phi) is 18.2. The molecule has 0 fully saturated rings. The van der Waals surface area contributed by atoms with Crippen molar-refractivity contribution in [3.63, 3.8) is 0 Å². The number of rotatable bonds is 21. The number of hydrazine groups is 1. The van der Waals surface area contributed by atoms with Crippen molar-refractivity contribution in [2.24, 2.45) is 5.92 Å². The second-order valence-corrected chi connectivity index (χ2v) is 29.6. The van der Waals surface area contributed by atoms with E-state index in [0.29, 0.717) is 35.8 Å². The molecule has 3 amide bonds. The third kappa shape index (κ3) is 13.2. The van der Waals surface area contributed by atoms with Gasteiger partial charge in [-0.15, -0.1) is 0 Å². The van der Waals surface area contributed by atoms with Crippen LogP contribution in [0, 0.1) is 5.92 Å². The summed E-state index contributed by atoms with van der Waals surface area (Å²) < 4.78 is 25.3. The number of nitrogens with one attached hydrogen (secondary N) is 4. The predicted molar refractivity (Wildman–Crippen MR) is 252 cm³/mol. The lowest BCUT2D eigenvalue weighted by Gasteiger charge is -2.42. The quantitative estimate of drug-likeness (QED) is 0.0454. The fourth-order valence-corrected chi connectivity index (χ4v) is 14.0. The Hall–Kier alpha value is -4.72. The summed E-state index contributed by atoms with van der Waals surface area (Å²) in [5.74, 6) is -3.18. The van der Waals surface area contributed by atoms with Gasteiger partial charge >= 0.3 is 12.1 Å². The highest BCUT2D eigenvalue weighted by Gasteiger charge is 2.48. The Morgan fingerprint density at radius 2 is 1.48 bits per heavy atom. The molecule has 0 aromatic heterocycles. The number of carbonyl (C=O) groups excluding carboxylic acids is 4. The monoisotopic (exact) mass is 911 g/mol. The van der Waals surface area contributed by atoms with Gasteiger partial charge in [-0.25, -0.2) is 15.0 Å². The minimum Gasteiger partial charge on any atom is -0.540 e. The van der Waals surface area contributed by atoms with Crippen LogP contribution in [0.25, 0.3) is 0 Å². The van der Waals surface area contributed by atoms with Gasteiger partial charge in [-0.05, 0) is 84.7 Å². The number of aliphatic carboxylic acids is 1. The molecule has 0 aliphatic carbocycles. The summed E-state index contributed by atoms with van der Waals surface area (Å²) in [6, 6.07) is 7.99. The number of methoxy groups -OCH3 is 1. The first-order chi connectivity index (χ1) is 29.2. The Labute approximate surface area is 376 Å². The maximum atomic E-state index is 14.7. The zero-order valence-corrected chi connectivity index (χ0v) is 42.3. The van der Waals surface area contributed by atoms with Crippen LogP contribution in [0.3, 0.4) is 0 Å². The van der Waals surface area contributed by atoms with E-state index in [2.05, 4.69) is 96.9 Å². The average Bonchev–Trinajstić information content (AvgIpc) is 3.58. The molecular formula is C46H73N5O10Si2. The number of carboxylic acids is 1. The van der Waals surface area contributed by atoms with Crippen LogP contribution in [-0.4, -0.2) is 88.1 Å². The number of carbonyl (C=O) groups is 5. The average molecular weight is 912 g/mol. The topological polar surface area (TPSA) is 194 Å². The first-order valence-electron chi connectivity index (χ1n) is 21.8. The third-order valence-electron chi connectivity index (χ3n) is 12.4. The van der Waals surface area contributed by atoms with Crippen LogP contribution in [0.2, 0.25) is 34.8 Å². The number of ether oxygens (including phenoxy) is 2. The molecule has 3 rings (SSSR count). The van der Waals surface area contributed by atoms with E-state index in [-0.39, 0.29) is 51.5 Å². The fourth-order valence-electron chi connectivity index (χ4n) is 7.70. The van der Waals surface area contributed by atoms with Gasteiger partial charge in [-0.3, -0.25) is 19.7 Å². The molecule has 3 atom stereocenters. The molecule has 1 aliphatic rings. The van der Waals surface area contributed by atoms with E-state index in [1.807, 2.05) is 13.1 Å². The van der Waals surface area contributed by atoms with E-state index < -0.39 is 58.4 Å². The number of hydrogen-bond donors (Lipinski definition) is 5. The Morgan fingerprint density at radius 1 is 0.889 bits per heavy atom. The van der Waals surface area contributed by atoms with Gasteiger partial charge < -0.3 is 39.1 Å². The summed E-state index contributed by atoms with van der Waals surface area (Å²) in [4.78, 5) is 66.0. The molecule has 350 valence electrons. The Morgan fingerprint density at radius 3 is 1.98 bits per heavy atom. The summed E-state index contributed by atoms with van der Waals surface area (Å²) in [6.07, 6.45) is 1.73. The number of nitrogens with zero attached hydrogens (tertiary/aromatic N) is 1. The molecule has 2 aromatic carbocycles. The number of amides is 3. The lowest BCUT2D eigenvalue weighted by molar-refractivity contribution is -0.151. The second kappa shape index (κ2) is 21.8. The molecule has 15 nitrogen and oxygen atoms in total. The molecule has 63 heavy (non-hydrogen) atoms. The van der Waals surface area contributed by atoms with Gasteiger partial charge in [-0.1, -0.05) is 93.9 Å². The molecule has 0 saturated heterocycles. The van der Waals surface area contributed by atoms with E-state index >= 15 is 0 Å². The number of anilines is 2. The molecule has 0 radical (unpaired) electrons. The van der Waals surface area contributed by atoms with Gasteiger partial charge in [0.2, 0.25) is 5.91 Å². The molecular weight excluding hydrogens is 839 g/mol. The summed E-state index contributed by atoms with van der Waals surface area (Å²) in [6.45, 7) is 31.1. The summed E-state index contributed by atoms with van der Waals surface area (Å²) in [7, 11) is -3.10. The first kappa shape index (κ1) is 52.6. The summed E-state index contributed by atoms with van der Waals surface area (Å²) in [5.41, 5.74) is 9.20. The molecule has 0 bridgehead atoms. The van der Waals surface area contributed by atoms with Gasteiger partial charge in [0, 0.05) is 18.0 Å². The van der Waals surface area contributed by atoms with Crippen LogP contribution >= 0.6 is 0 Å². The lowest BCUT2D eigenvalue weighted by Crippen LogP contribution is -2.53. The highest BCUT2D eigenvalue weighted by atomic mass is 28.4. The largest absolute Gasteiger partial charge is 0.540 e. The first-order valence-corrected chi connectivity index (χ1v) is 26.9. The zero-order chi connectivity index (χ0) is 47.8. The minimum absolute atomic E-state index is 0.00686. The van der Waals surface area contributed by atoms with Crippen molar-refractivity contribution in [2.45, 2.75) is 156 Å². The molecule has 0 saturated carbocycles. The second-order valence-electron chi connectivity index (χ2n) is 19.4. The summed E-state index contributed by atoms with van der Waals surface area (Å²) >= 11 is 0. The number of ketones is 1. The van der Waals surface area contributed by atoms with Crippen molar-refractivity contribution in [1.82, 2.24) is 15.6 Å². The van der Waals surface area contributed by atoms with Crippen molar-refractivity contribution >= 4 is 57.7 Å². The van der Waals surface area contributed by atoms with Crippen molar-refractivity contribution in [1.29, 1.82) is 0 Å². The predicted octanol–water partition coefficient (Wildman–Crippen LogP) is 9.24. The maximum Gasteiger partial charge on any atom is 0.411 e. The van der Waals surface area contributed by atoms with Gasteiger partial charge in [0.05, 0.1) is 31.0 Å². The highest BCUT2D eigenvalue weighted by molar-refractivity contribution is 6.78. The van der Waals surface area contributed by atoms with E-state index in [1.54, 1.807) is 69.2 Å². The van der Waals surface area contributed by atoms with E-state index in [9.17, 15) is 24.0 Å². The molecule has 0 spiro atoms. The van der Waals surface area contributed by atoms with Crippen LogP contribution < -0.4 is 30.6 Å². The summed E-state index contributed by atoms with van der Waals surface area (Å²) in [5, 5.41) is 14.5. The maximum absolute atomic E-state index is 14.7. The fraction of sp³-hybridized carbons (Fsp3) is 0.587. The minimum atomic E-state index is -2.52. The normalized spacial score (nSPS) is 15.6. The van der Waals surface area contributed by atoms with Gasteiger partial charge in [0.15, 0.2) is 14.1 Å². The van der Waals surface area contributed by atoms with Crippen LogP contribution in [0.1, 0.15) is 112 Å². The van der Waals surface area contributed by atoms with Crippen LogP contribution in [0.15, 0.2) is 48.2 Å². The number of benzene rings is 2. The molecule has 5 N–H and O–H groups in total. The number of carboxylic acid groups (broad SMARTS) is 1. The SMILES string of the molecule is COc1cc(C(=O)N2C=C(C)C[C@H]2CO[Si](C)(C)C(C)(C)C)c(NC(=O)OCc2ccc(NNC(C)C(=O)NC(C(=O)C(=O)O)C(C)C)cc2)cc1O[Si](C(C)C)(C(C)C)C(C)C. The van der Waals surface area contributed by atoms with Crippen LogP contribution in [0.5, 0.6) is 11.5 Å². The van der Waals surface area contributed by atoms with Crippen molar-refractivity contribution in [3.8, 4) is 11.5 Å². The van der Waals surface area contributed by atoms with E-state index in [1.165, 1.54) is 0 Å². The van der Waals surface area contributed by atoms with Gasteiger partial charge in [-0.2, -0.15) is 0 Å². The van der Waals surface area contributed by atoms with E-state index in [0.717, 1.165) is 5.57 Å².